The van der Waals surface area contributed by atoms with Crippen LogP contribution in [-0.4, -0.2) is 0 Å². The fourth-order valence-electron chi connectivity index (χ4n) is 2.03. The van der Waals surface area contributed by atoms with Crippen LogP contribution < -0.4 is 5.32 Å². The number of halogens is 1. The molecule has 0 aliphatic heterocycles. The summed E-state index contributed by atoms with van der Waals surface area (Å²) in [4.78, 5) is 0. The second-order valence-corrected chi connectivity index (χ2v) is 7.43. The number of nitrogens with one attached hydrogen (secondary N) is 1. The summed E-state index contributed by atoms with van der Waals surface area (Å²) >= 11 is 2.38. The molecule has 0 bridgehead atoms. The van der Waals surface area contributed by atoms with E-state index in [2.05, 4.69) is 98.1 Å². The SMILES string of the molecule is Cc1ccc(NCc2ccc(C(C)(C)C)cc2)cc1I. The average molecular weight is 379 g/mol. The molecule has 0 amide bonds. The van der Waals surface area contributed by atoms with Gasteiger partial charge in [-0.3, -0.25) is 0 Å². The molecule has 0 saturated carbocycles. The zero-order valence-corrected chi connectivity index (χ0v) is 14.8. The van der Waals surface area contributed by atoms with Gasteiger partial charge in [0.1, 0.15) is 0 Å². The van der Waals surface area contributed by atoms with Gasteiger partial charge in [0.05, 0.1) is 0 Å². The van der Waals surface area contributed by atoms with E-state index < -0.39 is 0 Å². The van der Waals surface area contributed by atoms with Gasteiger partial charge in [-0.25, -0.2) is 0 Å². The van der Waals surface area contributed by atoms with Crippen molar-refractivity contribution in [1.29, 1.82) is 0 Å². The Hall–Kier alpha value is -1.03. The fourth-order valence-corrected chi connectivity index (χ4v) is 2.54. The summed E-state index contributed by atoms with van der Waals surface area (Å²) in [5, 5.41) is 3.48. The lowest BCUT2D eigenvalue weighted by molar-refractivity contribution is 0.590. The summed E-state index contributed by atoms with van der Waals surface area (Å²) in [7, 11) is 0. The third-order valence-corrected chi connectivity index (χ3v) is 4.65. The number of hydrogen-bond acceptors (Lipinski definition) is 1. The van der Waals surface area contributed by atoms with Crippen LogP contribution in [0.4, 0.5) is 5.69 Å². The largest absolute Gasteiger partial charge is 0.381 e. The molecule has 0 radical (unpaired) electrons. The molecule has 2 heteroatoms. The molecule has 0 aliphatic carbocycles. The van der Waals surface area contributed by atoms with Crippen molar-refractivity contribution in [2.24, 2.45) is 0 Å². The van der Waals surface area contributed by atoms with Gasteiger partial charge in [-0.05, 0) is 63.8 Å². The standard InChI is InChI=1S/C18H22IN/c1-13-5-10-16(11-17(13)19)20-12-14-6-8-15(9-7-14)18(2,3)4/h5-11,20H,12H2,1-4H3. The number of anilines is 1. The van der Waals surface area contributed by atoms with Crippen LogP contribution in [0.1, 0.15) is 37.5 Å². The van der Waals surface area contributed by atoms with Crippen molar-refractivity contribution >= 4 is 28.3 Å². The molecule has 2 rings (SSSR count). The van der Waals surface area contributed by atoms with Gasteiger partial charge in [-0.2, -0.15) is 0 Å². The summed E-state index contributed by atoms with van der Waals surface area (Å²) in [5.74, 6) is 0. The van der Waals surface area contributed by atoms with E-state index >= 15 is 0 Å². The quantitative estimate of drug-likeness (QED) is 0.694. The van der Waals surface area contributed by atoms with Crippen molar-refractivity contribution in [3.8, 4) is 0 Å². The smallest absolute Gasteiger partial charge is 0.0400 e. The fraction of sp³-hybridized carbons (Fsp3) is 0.333. The minimum Gasteiger partial charge on any atom is -0.381 e. The van der Waals surface area contributed by atoms with Crippen LogP contribution in [0.2, 0.25) is 0 Å². The molecule has 106 valence electrons. The minimum atomic E-state index is 0.221. The van der Waals surface area contributed by atoms with Gasteiger partial charge in [0, 0.05) is 15.8 Å². The Kier molecular flexibility index (Phi) is 4.74. The molecule has 0 aromatic heterocycles. The molecule has 1 nitrogen and oxygen atoms in total. The summed E-state index contributed by atoms with van der Waals surface area (Å²) in [5.41, 5.74) is 5.42. The Morgan fingerprint density at radius 3 is 2.20 bits per heavy atom. The van der Waals surface area contributed by atoms with Crippen molar-refractivity contribution in [3.63, 3.8) is 0 Å². The lowest BCUT2D eigenvalue weighted by atomic mass is 9.87. The predicted molar refractivity (Wildman–Crippen MR) is 96.4 cm³/mol. The highest BCUT2D eigenvalue weighted by molar-refractivity contribution is 14.1. The molecule has 0 aliphatic rings. The van der Waals surface area contributed by atoms with Gasteiger partial charge < -0.3 is 5.32 Å². The summed E-state index contributed by atoms with van der Waals surface area (Å²) in [6.07, 6.45) is 0. The lowest BCUT2D eigenvalue weighted by Gasteiger charge is -2.19. The van der Waals surface area contributed by atoms with Crippen LogP contribution in [0.25, 0.3) is 0 Å². The predicted octanol–water partition coefficient (Wildman–Crippen LogP) is 5.51. The molecule has 1 N–H and O–H groups in total. The van der Waals surface area contributed by atoms with Crippen LogP contribution in [0.5, 0.6) is 0 Å². The molecule has 2 aromatic rings. The molecule has 0 unspecified atom stereocenters. The van der Waals surface area contributed by atoms with E-state index in [4.69, 9.17) is 0 Å². The van der Waals surface area contributed by atoms with Gasteiger partial charge in [0.2, 0.25) is 0 Å². The zero-order valence-electron chi connectivity index (χ0n) is 12.6. The van der Waals surface area contributed by atoms with Crippen molar-refractivity contribution in [2.45, 2.75) is 39.7 Å². The van der Waals surface area contributed by atoms with E-state index in [0.717, 1.165) is 6.54 Å². The Morgan fingerprint density at radius 2 is 1.65 bits per heavy atom. The molecule has 0 saturated heterocycles. The first-order valence-electron chi connectivity index (χ1n) is 6.96. The van der Waals surface area contributed by atoms with Gasteiger partial charge >= 0.3 is 0 Å². The molecule has 0 fully saturated rings. The second-order valence-electron chi connectivity index (χ2n) is 6.26. The third kappa shape index (κ3) is 3.98. The van der Waals surface area contributed by atoms with Crippen molar-refractivity contribution < 1.29 is 0 Å². The molecule has 0 heterocycles. The van der Waals surface area contributed by atoms with Crippen LogP contribution in [0.15, 0.2) is 42.5 Å². The minimum absolute atomic E-state index is 0.221. The third-order valence-electron chi connectivity index (χ3n) is 3.49. The van der Waals surface area contributed by atoms with E-state index in [1.807, 2.05) is 0 Å². The molecular formula is C18H22IN. The van der Waals surface area contributed by atoms with Crippen LogP contribution >= 0.6 is 22.6 Å². The summed E-state index contributed by atoms with van der Waals surface area (Å²) in [6, 6.07) is 15.4. The topological polar surface area (TPSA) is 12.0 Å². The van der Waals surface area contributed by atoms with Gasteiger partial charge in [-0.15, -0.1) is 0 Å². The van der Waals surface area contributed by atoms with Gasteiger partial charge in [0.25, 0.3) is 0 Å². The van der Waals surface area contributed by atoms with Crippen molar-refractivity contribution in [3.05, 3.63) is 62.7 Å². The Bertz CT molecular complexity index is 579. The molecular weight excluding hydrogens is 357 g/mol. The van der Waals surface area contributed by atoms with Gasteiger partial charge in [-0.1, -0.05) is 51.1 Å². The van der Waals surface area contributed by atoms with E-state index in [1.54, 1.807) is 0 Å². The van der Waals surface area contributed by atoms with Crippen molar-refractivity contribution in [2.75, 3.05) is 5.32 Å². The van der Waals surface area contributed by atoms with Crippen LogP contribution in [0, 0.1) is 10.5 Å². The highest BCUT2D eigenvalue weighted by Crippen LogP contribution is 2.23. The van der Waals surface area contributed by atoms with Crippen molar-refractivity contribution in [1.82, 2.24) is 0 Å². The Labute approximate surface area is 135 Å². The highest BCUT2D eigenvalue weighted by Gasteiger charge is 2.12. The monoisotopic (exact) mass is 379 g/mol. The number of aryl methyl sites for hydroxylation is 1. The maximum atomic E-state index is 3.48. The first kappa shape index (κ1) is 15.4. The molecule has 20 heavy (non-hydrogen) atoms. The molecule has 2 aromatic carbocycles. The summed E-state index contributed by atoms with van der Waals surface area (Å²) < 4.78 is 1.30. The maximum absolute atomic E-state index is 3.48. The van der Waals surface area contributed by atoms with Crippen LogP contribution in [-0.2, 0) is 12.0 Å². The number of rotatable bonds is 3. The van der Waals surface area contributed by atoms with E-state index in [1.165, 1.54) is 25.9 Å². The Balaban J connectivity index is 2.02. The number of benzene rings is 2. The molecule has 0 spiro atoms. The normalized spacial score (nSPS) is 11.4. The van der Waals surface area contributed by atoms with Crippen LogP contribution in [0.3, 0.4) is 0 Å². The van der Waals surface area contributed by atoms with E-state index in [9.17, 15) is 0 Å². The Morgan fingerprint density at radius 1 is 1.00 bits per heavy atom. The van der Waals surface area contributed by atoms with E-state index in [0.29, 0.717) is 0 Å². The average Bonchev–Trinajstić information content (AvgIpc) is 2.40. The zero-order chi connectivity index (χ0) is 14.8. The van der Waals surface area contributed by atoms with E-state index in [-0.39, 0.29) is 5.41 Å². The number of hydrogen-bond donors (Lipinski definition) is 1. The maximum Gasteiger partial charge on any atom is 0.0400 e. The highest BCUT2D eigenvalue weighted by atomic mass is 127. The van der Waals surface area contributed by atoms with Gasteiger partial charge in [0.15, 0.2) is 0 Å². The molecule has 0 atom stereocenters. The second kappa shape index (κ2) is 6.17. The first-order valence-corrected chi connectivity index (χ1v) is 8.03. The lowest BCUT2D eigenvalue weighted by Crippen LogP contribution is -2.11. The first-order chi connectivity index (χ1) is 9.36. The summed E-state index contributed by atoms with van der Waals surface area (Å²) in [6.45, 7) is 9.73.